The highest BCUT2D eigenvalue weighted by Crippen LogP contribution is 2.43. The van der Waals surface area contributed by atoms with Gasteiger partial charge in [0.2, 0.25) is 0 Å². The second kappa shape index (κ2) is 6.38. The maximum absolute atomic E-state index is 9.54. The van der Waals surface area contributed by atoms with Gasteiger partial charge in [-0.1, -0.05) is 19.8 Å². The molecule has 1 aromatic heterocycles. The molecule has 1 nitrogen and oxygen atoms in total. The molecule has 0 spiro atoms. The Balaban J connectivity index is 1.86. The topological polar surface area (TPSA) is 23.8 Å². The molecule has 1 saturated carbocycles. The van der Waals surface area contributed by atoms with E-state index in [0.717, 1.165) is 31.6 Å². The van der Waals surface area contributed by atoms with Crippen molar-refractivity contribution in [3.8, 4) is 6.07 Å². The van der Waals surface area contributed by atoms with Crippen LogP contribution in [0.4, 0.5) is 0 Å². The second-order valence-corrected chi connectivity index (χ2v) is 6.54. The van der Waals surface area contributed by atoms with E-state index in [0.29, 0.717) is 0 Å². The molecule has 0 radical (unpaired) electrons. The quantitative estimate of drug-likeness (QED) is 0.716. The zero-order valence-corrected chi connectivity index (χ0v) is 12.1. The monoisotopic (exact) mass is 261 g/mol. The lowest BCUT2D eigenvalue weighted by Gasteiger charge is -2.35. The number of thiophene rings is 1. The number of aryl methyl sites for hydroxylation is 1. The minimum atomic E-state index is -0.0216. The third-order valence-electron chi connectivity index (χ3n) is 4.47. The molecular weight excluding hydrogens is 238 g/mol. The van der Waals surface area contributed by atoms with Crippen LogP contribution in [0.1, 0.15) is 57.4 Å². The Labute approximate surface area is 115 Å². The van der Waals surface area contributed by atoms with E-state index >= 15 is 0 Å². The highest BCUT2D eigenvalue weighted by molar-refractivity contribution is 7.07. The zero-order chi connectivity index (χ0) is 12.8. The van der Waals surface area contributed by atoms with Crippen molar-refractivity contribution >= 4 is 11.3 Å². The molecule has 1 aromatic rings. The lowest BCUT2D eigenvalue weighted by molar-refractivity contribution is 0.190. The van der Waals surface area contributed by atoms with Crippen LogP contribution in [0.2, 0.25) is 0 Å². The molecule has 0 amide bonds. The lowest BCUT2D eigenvalue weighted by Crippen LogP contribution is -2.26. The molecule has 1 aliphatic carbocycles. The van der Waals surface area contributed by atoms with Crippen molar-refractivity contribution in [2.75, 3.05) is 0 Å². The molecule has 0 saturated heterocycles. The maximum Gasteiger partial charge on any atom is 0.0689 e. The van der Waals surface area contributed by atoms with Crippen molar-refractivity contribution in [2.24, 2.45) is 11.3 Å². The number of hydrogen-bond donors (Lipinski definition) is 0. The first-order valence-corrected chi connectivity index (χ1v) is 8.14. The number of nitriles is 1. The van der Waals surface area contributed by atoms with E-state index in [9.17, 15) is 5.26 Å². The van der Waals surface area contributed by atoms with Crippen LogP contribution in [-0.4, -0.2) is 0 Å². The summed E-state index contributed by atoms with van der Waals surface area (Å²) >= 11 is 1.76. The van der Waals surface area contributed by atoms with Crippen LogP contribution in [-0.2, 0) is 6.42 Å². The Morgan fingerprint density at radius 1 is 1.44 bits per heavy atom. The largest absolute Gasteiger partial charge is 0.198 e. The molecule has 1 fully saturated rings. The van der Waals surface area contributed by atoms with Crippen LogP contribution in [0.3, 0.4) is 0 Å². The Bertz CT molecular complexity index is 380. The third-order valence-corrected chi connectivity index (χ3v) is 5.20. The molecule has 1 aliphatic rings. The van der Waals surface area contributed by atoms with Gasteiger partial charge in [0, 0.05) is 0 Å². The van der Waals surface area contributed by atoms with Crippen LogP contribution in [0.25, 0.3) is 0 Å². The van der Waals surface area contributed by atoms with E-state index in [1.54, 1.807) is 11.3 Å². The van der Waals surface area contributed by atoms with E-state index < -0.39 is 0 Å². The minimum absolute atomic E-state index is 0.0216. The van der Waals surface area contributed by atoms with Gasteiger partial charge in [0.1, 0.15) is 0 Å². The van der Waals surface area contributed by atoms with Crippen LogP contribution in [0.15, 0.2) is 16.8 Å². The van der Waals surface area contributed by atoms with E-state index in [1.807, 2.05) is 0 Å². The van der Waals surface area contributed by atoms with Gasteiger partial charge in [0.05, 0.1) is 11.5 Å². The molecular formula is C16H23NS. The van der Waals surface area contributed by atoms with Crippen molar-refractivity contribution in [1.29, 1.82) is 5.26 Å². The Kier molecular flexibility index (Phi) is 4.83. The Morgan fingerprint density at radius 3 is 2.78 bits per heavy atom. The number of rotatable bonds is 5. The fraction of sp³-hybridized carbons (Fsp3) is 0.688. The summed E-state index contributed by atoms with van der Waals surface area (Å²) in [5.74, 6) is 0.887. The number of hydrogen-bond acceptors (Lipinski definition) is 2. The van der Waals surface area contributed by atoms with E-state index in [1.165, 1.54) is 31.2 Å². The normalized spacial score (nSPS) is 27.9. The first kappa shape index (κ1) is 13.6. The summed E-state index contributed by atoms with van der Waals surface area (Å²) in [7, 11) is 0. The zero-order valence-electron chi connectivity index (χ0n) is 11.3. The van der Waals surface area contributed by atoms with Crippen molar-refractivity contribution in [3.63, 3.8) is 0 Å². The molecule has 1 heterocycles. The molecule has 0 N–H and O–H groups in total. The summed E-state index contributed by atoms with van der Waals surface area (Å²) in [4.78, 5) is 0. The predicted molar refractivity (Wildman–Crippen MR) is 77.6 cm³/mol. The predicted octanol–water partition coefficient (Wildman–Crippen LogP) is 5.18. The van der Waals surface area contributed by atoms with Crippen molar-refractivity contribution in [2.45, 2.75) is 58.3 Å². The molecule has 2 rings (SSSR count). The van der Waals surface area contributed by atoms with Gasteiger partial charge in [-0.05, 0) is 66.8 Å². The fourth-order valence-electron chi connectivity index (χ4n) is 3.16. The fourth-order valence-corrected chi connectivity index (χ4v) is 3.87. The van der Waals surface area contributed by atoms with Crippen LogP contribution in [0.5, 0.6) is 0 Å². The van der Waals surface area contributed by atoms with Crippen molar-refractivity contribution in [3.05, 3.63) is 22.4 Å². The highest BCUT2D eigenvalue weighted by Gasteiger charge is 2.34. The van der Waals surface area contributed by atoms with Gasteiger partial charge in [-0.2, -0.15) is 16.6 Å². The van der Waals surface area contributed by atoms with Gasteiger partial charge in [-0.15, -0.1) is 0 Å². The average molecular weight is 261 g/mol. The number of nitrogens with zero attached hydrogens (tertiary/aromatic N) is 1. The first-order chi connectivity index (χ1) is 8.78. The SMILES string of the molecule is CCCC1CCC(C#N)(CCc2ccsc2)CC1. The average Bonchev–Trinajstić information content (AvgIpc) is 2.92. The molecule has 0 aliphatic heterocycles. The van der Waals surface area contributed by atoms with Gasteiger partial charge in [-0.3, -0.25) is 0 Å². The Hall–Kier alpha value is -0.810. The molecule has 0 aromatic carbocycles. The summed E-state index contributed by atoms with van der Waals surface area (Å²) in [6.07, 6.45) is 9.56. The van der Waals surface area contributed by atoms with Crippen LogP contribution < -0.4 is 0 Å². The van der Waals surface area contributed by atoms with Gasteiger partial charge in [-0.25, -0.2) is 0 Å². The first-order valence-electron chi connectivity index (χ1n) is 7.20. The summed E-state index contributed by atoms with van der Waals surface area (Å²) in [6, 6.07) is 4.84. The standard InChI is InChI=1S/C16H23NS/c1-2-3-14-4-8-16(13-17,9-5-14)10-6-15-7-11-18-12-15/h7,11-12,14H,2-6,8-10H2,1H3. The van der Waals surface area contributed by atoms with Gasteiger partial charge < -0.3 is 0 Å². The van der Waals surface area contributed by atoms with Gasteiger partial charge in [0.15, 0.2) is 0 Å². The Morgan fingerprint density at radius 2 is 2.22 bits per heavy atom. The van der Waals surface area contributed by atoms with Crippen LogP contribution in [0, 0.1) is 22.7 Å². The van der Waals surface area contributed by atoms with Crippen molar-refractivity contribution in [1.82, 2.24) is 0 Å². The van der Waals surface area contributed by atoms with Gasteiger partial charge in [0.25, 0.3) is 0 Å². The summed E-state index contributed by atoms with van der Waals surface area (Å²) in [6.45, 7) is 2.27. The maximum atomic E-state index is 9.54. The summed E-state index contributed by atoms with van der Waals surface area (Å²) in [5.41, 5.74) is 1.39. The molecule has 18 heavy (non-hydrogen) atoms. The van der Waals surface area contributed by atoms with Crippen molar-refractivity contribution < 1.29 is 0 Å². The van der Waals surface area contributed by atoms with E-state index in [-0.39, 0.29) is 5.41 Å². The highest BCUT2D eigenvalue weighted by atomic mass is 32.1. The molecule has 0 atom stereocenters. The van der Waals surface area contributed by atoms with E-state index in [2.05, 4.69) is 29.8 Å². The molecule has 2 heteroatoms. The smallest absolute Gasteiger partial charge is 0.0689 e. The molecule has 0 unspecified atom stereocenters. The summed E-state index contributed by atoms with van der Waals surface area (Å²) < 4.78 is 0. The molecule has 98 valence electrons. The second-order valence-electron chi connectivity index (χ2n) is 5.76. The molecule has 0 bridgehead atoms. The third kappa shape index (κ3) is 3.36. The van der Waals surface area contributed by atoms with E-state index in [4.69, 9.17) is 0 Å². The van der Waals surface area contributed by atoms with Gasteiger partial charge >= 0.3 is 0 Å². The minimum Gasteiger partial charge on any atom is -0.198 e. The summed E-state index contributed by atoms with van der Waals surface area (Å²) in [5, 5.41) is 13.9. The van der Waals surface area contributed by atoms with Crippen LogP contribution >= 0.6 is 11.3 Å². The lowest BCUT2D eigenvalue weighted by atomic mass is 9.68.